The van der Waals surface area contributed by atoms with Crippen molar-refractivity contribution < 1.29 is 65.8 Å². The van der Waals surface area contributed by atoms with Crippen molar-refractivity contribution in [3.05, 3.63) is 29.8 Å². The van der Waals surface area contributed by atoms with Crippen molar-refractivity contribution in [2.45, 2.75) is 24.7 Å². The van der Waals surface area contributed by atoms with Crippen molar-refractivity contribution in [1.82, 2.24) is 0 Å². The number of hydrogen-bond acceptors (Lipinski definition) is 2. The third-order valence-corrected chi connectivity index (χ3v) is 2.72. The minimum atomic E-state index is -4.06. The van der Waals surface area contributed by atoms with Gasteiger partial charge in [-0.05, 0) is 18.1 Å². The van der Waals surface area contributed by atoms with E-state index >= 15 is 0 Å². The molecule has 5 heteroatoms. The van der Waals surface area contributed by atoms with Gasteiger partial charge in [0.2, 0.25) is 0 Å². The topological polar surface area (TPSA) is 54.4 Å². The van der Waals surface area contributed by atoms with E-state index in [9.17, 15) is 8.42 Å². The molecule has 0 aliphatic carbocycles. The zero-order chi connectivity index (χ0) is 9.90. The van der Waals surface area contributed by atoms with Gasteiger partial charge in [-0.2, -0.15) is 8.42 Å². The second-order valence-electron chi connectivity index (χ2n) is 2.83. The molecule has 0 aromatic heterocycles. The van der Waals surface area contributed by atoms with Crippen LogP contribution in [0, 0.1) is 0 Å². The number of rotatable bonds is 3. The maximum absolute atomic E-state index is 10.9. The Labute approximate surface area is 129 Å². The molecule has 1 rings (SSSR count). The van der Waals surface area contributed by atoms with Gasteiger partial charge in [0.25, 0.3) is 10.1 Å². The third kappa shape index (κ3) is 4.10. The Kier molecular flexibility index (Phi) is 6.72. The normalized spacial score (nSPS) is 10.7. The van der Waals surface area contributed by atoms with E-state index < -0.39 is 10.1 Å². The summed E-state index contributed by atoms with van der Waals surface area (Å²) in [5.41, 5.74) is 0.674. The van der Waals surface area contributed by atoms with Gasteiger partial charge in [-0.1, -0.05) is 31.5 Å². The molecule has 0 saturated carbocycles. The third-order valence-electron chi connectivity index (χ3n) is 1.77. The zero-order valence-electron chi connectivity index (χ0n) is 9.40. The first-order valence-electron chi connectivity index (χ1n) is 4.11. The molecule has 3 nitrogen and oxygen atoms in total. The van der Waals surface area contributed by atoms with Crippen molar-refractivity contribution in [1.29, 1.82) is 0 Å². The van der Waals surface area contributed by atoms with E-state index in [1.807, 2.05) is 6.92 Å². The molecule has 1 N–H and O–H groups in total. The Morgan fingerprint density at radius 2 is 1.93 bits per heavy atom. The van der Waals surface area contributed by atoms with Crippen molar-refractivity contribution in [2.75, 3.05) is 0 Å². The molecule has 0 atom stereocenters. The molecule has 0 radical (unpaired) electrons. The molecule has 0 aliphatic heterocycles. The second-order valence-corrected chi connectivity index (χ2v) is 4.22. The molecule has 1 aromatic carbocycles. The molecule has 0 aliphatic rings. The van der Waals surface area contributed by atoms with Gasteiger partial charge in [0.1, 0.15) is 0 Å². The molecular weight excluding hydrogens is 227 g/mol. The van der Waals surface area contributed by atoms with Crippen LogP contribution in [0.5, 0.6) is 0 Å². The minimum Gasteiger partial charge on any atom is -1.00 e. The predicted octanol–water partition coefficient (Wildman–Crippen LogP) is -0.998. The van der Waals surface area contributed by atoms with Crippen LogP contribution in [0.1, 0.15) is 20.3 Å². The minimum absolute atomic E-state index is 0. The van der Waals surface area contributed by atoms with E-state index in [0.29, 0.717) is 12.0 Å². The van der Waals surface area contributed by atoms with E-state index in [4.69, 9.17) is 4.55 Å². The molecular formula is C9H13KO3S. The Morgan fingerprint density at radius 1 is 1.36 bits per heavy atom. The van der Waals surface area contributed by atoms with E-state index in [0.717, 1.165) is 6.42 Å². The molecule has 14 heavy (non-hydrogen) atoms. The van der Waals surface area contributed by atoms with Crippen molar-refractivity contribution in [2.24, 2.45) is 0 Å². The molecule has 74 valence electrons. The molecule has 0 spiro atoms. The van der Waals surface area contributed by atoms with Gasteiger partial charge in [0.05, 0.1) is 4.90 Å². The van der Waals surface area contributed by atoms with E-state index in [1.54, 1.807) is 18.2 Å². The summed E-state index contributed by atoms with van der Waals surface area (Å²) in [7, 11) is -4.06. The van der Waals surface area contributed by atoms with Gasteiger partial charge in [0, 0.05) is 0 Å². The fourth-order valence-corrected chi connectivity index (χ4v) is 1.98. The van der Waals surface area contributed by atoms with Crippen LogP contribution in [-0.4, -0.2) is 13.0 Å². The summed E-state index contributed by atoms with van der Waals surface area (Å²) in [6, 6.07) is 6.49. The van der Waals surface area contributed by atoms with Crippen LogP contribution < -0.4 is 51.4 Å². The maximum Gasteiger partial charge on any atom is 1.00 e. The van der Waals surface area contributed by atoms with Crippen LogP contribution in [0.4, 0.5) is 0 Å². The molecule has 0 fully saturated rings. The summed E-state index contributed by atoms with van der Waals surface area (Å²) < 4.78 is 30.6. The van der Waals surface area contributed by atoms with Crippen molar-refractivity contribution >= 4 is 10.1 Å². The van der Waals surface area contributed by atoms with Gasteiger partial charge in [0.15, 0.2) is 0 Å². The van der Waals surface area contributed by atoms with Crippen LogP contribution in [-0.2, 0) is 16.5 Å². The largest absolute Gasteiger partial charge is 1.00 e. The van der Waals surface area contributed by atoms with E-state index in [1.165, 1.54) is 6.07 Å². The monoisotopic (exact) mass is 240 g/mol. The zero-order valence-corrected chi connectivity index (χ0v) is 12.3. The summed E-state index contributed by atoms with van der Waals surface area (Å²) in [6.07, 6.45) is 1.52. The van der Waals surface area contributed by atoms with Crippen molar-refractivity contribution in [3.8, 4) is 0 Å². The van der Waals surface area contributed by atoms with Gasteiger partial charge in [-0.3, -0.25) is 4.55 Å². The average Bonchev–Trinajstić information content (AvgIpc) is 2.04. The molecule has 0 saturated heterocycles. The molecule has 1 aromatic rings. The van der Waals surface area contributed by atoms with Crippen LogP contribution >= 0.6 is 0 Å². The van der Waals surface area contributed by atoms with Crippen LogP contribution in [0.3, 0.4) is 0 Å². The fraction of sp³-hybridized carbons (Fsp3) is 0.333. The first kappa shape index (κ1) is 14.8. The average molecular weight is 240 g/mol. The molecule has 0 unspecified atom stereocenters. The summed E-state index contributed by atoms with van der Waals surface area (Å²) in [6.45, 7) is 1.96. The van der Waals surface area contributed by atoms with Crippen LogP contribution in [0.2, 0.25) is 0 Å². The number of benzene rings is 1. The maximum atomic E-state index is 10.9. The summed E-state index contributed by atoms with van der Waals surface area (Å²) in [4.78, 5) is 0.0249. The summed E-state index contributed by atoms with van der Waals surface area (Å²) in [5.74, 6) is 0. The first-order chi connectivity index (χ1) is 6.05. The summed E-state index contributed by atoms with van der Waals surface area (Å²) >= 11 is 0. The number of hydrogen-bond donors (Lipinski definition) is 1. The number of aryl methyl sites for hydroxylation is 1. The van der Waals surface area contributed by atoms with E-state index in [-0.39, 0.29) is 57.7 Å². The van der Waals surface area contributed by atoms with Gasteiger partial charge >= 0.3 is 51.4 Å². The first-order valence-corrected chi connectivity index (χ1v) is 5.55. The Balaban J connectivity index is 0. The predicted molar refractivity (Wildman–Crippen MR) is 51.4 cm³/mol. The molecule has 0 bridgehead atoms. The van der Waals surface area contributed by atoms with Crippen molar-refractivity contribution in [3.63, 3.8) is 0 Å². The standard InChI is InChI=1S/C9H12O3S.K.H/c1-2-5-8-6-3-4-7-9(8)13(10,11)12;;/h3-4,6-7H,2,5H2,1H3,(H,10,11,12);;/q;+1;-1. The Bertz CT molecular complexity index is 392. The smallest absolute Gasteiger partial charge is 1.00 e. The quantitative estimate of drug-likeness (QED) is 0.545. The molecule has 0 heterocycles. The summed E-state index contributed by atoms with van der Waals surface area (Å²) in [5, 5.41) is 0. The van der Waals surface area contributed by atoms with Crippen LogP contribution in [0.15, 0.2) is 29.2 Å². The SMILES string of the molecule is CCCc1ccccc1S(=O)(=O)O.[H-].[K+]. The van der Waals surface area contributed by atoms with E-state index in [2.05, 4.69) is 0 Å². The fourth-order valence-electron chi connectivity index (χ4n) is 1.23. The molecule has 0 amide bonds. The van der Waals surface area contributed by atoms with Gasteiger partial charge in [-0.25, -0.2) is 0 Å². The van der Waals surface area contributed by atoms with Gasteiger partial charge in [-0.15, -0.1) is 0 Å². The Morgan fingerprint density at radius 3 is 2.43 bits per heavy atom. The second kappa shape index (κ2) is 6.37. The van der Waals surface area contributed by atoms with Gasteiger partial charge < -0.3 is 1.43 Å². The van der Waals surface area contributed by atoms with Crippen LogP contribution in [0.25, 0.3) is 0 Å². The Hall–Kier alpha value is 0.766.